The number of anilines is 1. The second-order valence-corrected chi connectivity index (χ2v) is 7.46. The van der Waals surface area contributed by atoms with Gasteiger partial charge in [0.1, 0.15) is 5.75 Å². The van der Waals surface area contributed by atoms with Crippen molar-refractivity contribution < 1.29 is 9.53 Å². The van der Waals surface area contributed by atoms with Gasteiger partial charge in [-0.25, -0.2) is 0 Å². The Labute approximate surface area is 166 Å². The predicted octanol–water partition coefficient (Wildman–Crippen LogP) is 5.26. The molecule has 4 nitrogen and oxygen atoms in total. The normalized spacial score (nSPS) is 10.4. The molecule has 0 atom stereocenters. The number of carbonyl (C=O) groups excluding carboxylic acids is 1. The molecule has 0 saturated carbocycles. The molecule has 0 aliphatic heterocycles. The highest BCUT2D eigenvalue weighted by Gasteiger charge is 2.11. The Kier molecular flexibility index (Phi) is 7.23. The van der Waals surface area contributed by atoms with Crippen molar-refractivity contribution in [1.82, 2.24) is 5.32 Å². The van der Waals surface area contributed by atoms with Crippen LogP contribution in [0, 0.1) is 5.92 Å². The minimum Gasteiger partial charge on any atom is -0.492 e. The molecule has 0 aromatic heterocycles. The lowest BCUT2D eigenvalue weighted by Gasteiger charge is -2.12. The highest BCUT2D eigenvalue weighted by Crippen LogP contribution is 2.26. The minimum absolute atomic E-state index is 0.212. The maximum atomic E-state index is 12.3. The van der Waals surface area contributed by atoms with Crippen molar-refractivity contribution in [2.24, 2.45) is 5.92 Å². The summed E-state index contributed by atoms with van der Waals surface area (Å²) < 4.78 is 6.39. The van der Waals surface area contributed by atoms with E-state index in [1.807, 2.05) is 0 Å². The van der Waals surface area contributed by atoms with Gasteiger partial charge < -0.3 is 10.1 Å². The van der Waals surface area contributed by atoms with E-state index in [9.17, 15) is 4.79 Å². The highest BCUT2D eigenvalue weighted by molar-refractivity contribution is 9.10. The zero-order valence-electron chi connectivity index (χ0n) is 13.8. The van der Waals surface area contributed by atoms with E-state index >= 15 is 0 Å². The number of hydrogen-bond donors (Lipinski definition) is 2. The zero-order valence-corrected chi connectivity index (χ0v) is 17.0. The number of amides is 1. The Morgan fingerprint density at radius 1 is 1.24 bits per heavy atom. The number of thiocarbonyl (C=S) groups is 1. The smallest absolute Gasteiger partial charge is 0.257 e. The third-order valence-electron chi connectivity index (χ3n) is 3.10. The maximum absolute atomic E-state index is 12.3. The number of nitrogens with one attached hydrogen (secondary N) is 2. The third kappa shape index (κ3) is 6.30. The number of halogens is 2. The van der Waals surface area contributed by atoms with Crippen LogP contribution in [-0.4, -0.2) is 17.6 Å². The van der Waals surface area contributed by atoms with Gasteiger partial charge in [-0.05, 0) is 76.5 Å². The first-order chi connectivity index (χ1) is 11.8. The molecule has 0 aliphatic carbocycles. The summed E-state index contributed by atoms with van der Waals surface area (Å²) in [5.74, 6) is 0.820. The molecule has 0 spiro atoms. The summed E-state index contributed by atoms with van der Waals surface area (Å²) >= 11 is 14.4. The summed E-state index contributed by atoms with van der Waals surface area (Å²) in [6, 6.07) is 12.2. The second kappa shape index (κ2) is 9.17. The molecule has 0 fully saturated rings. The fourth-order valence-electron chi connectivity index (χ4n) is 1.89. The van der Waals surface area contributed by atoms with Crippen molar-refractivity contribution in [2.45, 2.75) is 13.8 Å². The van der Waals surface area contributed by atoms with Gasteiger partial charge in [0, 0.05) is 16.3 Å². The Morgan fingerprint density at radius 2 is 1.92 bits per heavy atom. The molecular weight excluding hydrogens is 424 g/mol. The van der Waals surface area contributed by atoms with Crippen LogP contribution in [0.4, 0.5) is 5.69 Å². The average Bonchev–Trinajstić information content (AvgIpc) is 2.55. The van der Waals surface area contributed by atoms with Gasteiger partial charge in [-0.2, -0.15) is 0 Å². The number of benzene rings is 2. The Hall–Kier alpha value is -1.63. The molecular formula is C18H18BrClN2O2S. The molecule has 7 heteroatoms. The number of rotatable bonds is 5. The van der Waals surface area contributed by atoms with Crippen LogP contribution in [0.25, 0.3) is 0 Å². The Morgan fingerprint density at radius 3 is 2.52 bits per heavy atom. The maximum Gasteiger partial charge on any atom is 0.257 e. The molecule has 0 bridgehead atoms. The van der Waals surface area contributed by atoms with Crippen LogP contribution in [0.5, 0.6) is 5.75 Å². The fraction of sp³-hybridized carbons (Fsp3) is 0.222. The van der Waals surface area contributed by atoms with E-state index in [0.29, 0.717) is 28.9 Å². The van der Waals surface area contributed by atoms with Crippen LogP contribution in [0.15, 0.2) is 46.9 Å². The van der Waals surface area contributed by atoms with Crippen LogP contribution in [0.3, 0.4) is 0 Å². The topological polar surface area (TPSA) is 50.4 Å². The summed E-state index contributed by atoms with van der Waals surface area (Å²) in [5.41, 5.74) is 1.22. The summed E-state index contributed by atoms with van der Waals surface area (Å²) in [7, 11) is 0. The van der Waals surface area contributed by atoms with Crippen LogP contribution < -0.4 is 15.4 Å². The molecule has 2 N–H and O–H groups in total. The lowest BCUT2D eigenvalue weighted by Crippen LogP contribution is -2.34. The van der Waals surface area contributed by atoms with Gasteiger partial charge >= 0.3 is 0 Å². The first kappa shape index (κ1) is 19.7. The molecule has 0 aliphatic rings. The molecule has 0 unspecified atom stereocenters. The van der Waals surface area contributed by atoms with E-state index < -0.39 is 0 Å². The van der Waals surface area contributed by atoms with Gasteiger partial charge in [-0.15, -0.1) is 0 Å². The van der Waals surface area contributed by atoms with Gasteiger partial charge in [-0.1, -0.05) is 25.4 Å². The lowest BCUT2D eigenvalue weighted by molar-refractivity contribution is 0.0977. The summed E-state index contributed by atoms with van der Waals surface area (Å²) in [6.45, 7) is 4.76. The standard InChI is InChI=1S/C18H18BrClN2O2S/c1-11(2)10-24-16-8-3-12(9-15(16)19)17(23)22-18(25)21-14-6-4-13(20)5-7-14/h3-9,11H,10H2,1-2H3,(H2,21,22,23,25). The molecule has 132 valence electrons. The van der Waals surface area contributed by atoms with Gasteiger partial charge in [0.15, 0.2) is 5.11 Å². The number of carbonyl (C=O) groups is 1. The quantitative estimate of drug-likeness (QED) is 0.621. The van der Waals surface area contributed by atoms with Gasteiger partial charge in [0.2, 0.25) is 0 Å². The average molecular weight is 442 g/mol. The van der Waals surface area contributed by atoms with Gasteiger partial charge in [0.25, 0.3) is 5.91 Å². The van der Waals surface area contributed by atoms with Gasteiger partial charge in [-0.3, -0.25) is 10.1 Å². The van der Waals surface area contributed by atoms with Gasteiger partial charge in [0.05, 0.1) is 11.1 Å². The van der Waals surface area contributed by atoms with Crippen LogP contribution >= 0.6 is 39.7 Å². The fourth-order valence-corrected chi connectivity index (χ4v) is 2.72. The lowest BCUT2D eigenvalue weighted by atomic mass is 10.2. The monoisotopic (exact) mass is 440 g/mol. The second-order valence-electron chi connectivity index (χ2n) is 5.77. The van der Waals surface area contributed by atoms with Crippen molar-refractivity contribution in [3.8, 4) is 5.75 Å². The number of hydrogen-bond acceptors (Lipinski definition) is 3. The zero-order chi connectivity index (χ0) is 18.4. The summed E-state index contributed by atoms with van der Waals surface area (Å²) in [4.78, 5) is 12.3. The van der Waals surface area contributed by atoms with Crippen LogP contribution in [0.2, 0.25) is 5.02 Å². The molecule has 2 rings (SSSR count). The van der Waals surface area contributed by atoms with E-state index in [1.54, 1.807) is 42.5 Å². The predicted molar refractivity (Wildman–Crippen MR) is 110 cm³/mol. The van der Waals surface area contributed by atoms with Crippen molar-refractivity contribution >= 4 is 56.5 Å². The minimum atomic E-state index is -0.303. The Bertz CT molecular complexity index is 766. The molecule has 2 aromatic carbocycles. The van der Waals surface area contributed by atoms with E-state index in [1.165, 1.54) is 0 Å². The van der Waals surface area contributed by atoms with E-state index in [0.717, 1.165) is 10.2 Å². The highest BCUT2D eigenvalue weighted by atomic mass is 79.9. The number of ether oxygens (including phenoxy) is 1. The largest absolute Gasteiger partial charge is 0.492 e. The van der Waals surface area contributed by atoms with E-state index in [4.69, 9.17) is 28.6 Å². The summed E-state index contributed by atoms with van der Waals surface area (Å²) in [6.07, 6.45) is 0. The molecule has 25 heavy (non-hydrogen) atoms. The van der Waals surface area contributed by atoms with E-state index in [-0.39, 0.29) is 11.0 Å². The molecule has 0 heterocycles. The molecule has 0 saturated heterocycles. The van der Waals surface area contributed by atoms with Crippen LogP contribution in [-0.2, 0) is 0 Å². The molecule has 0 radical (unpaired) electrons. The first-order valence-electron chi connectivity index (χ1n) is 7.65. The van der Waals surface area contributed by atoms with E-state index in [2.05, 4.69) is 40.4 Å². The Balaban J connectivity index is 1.96. The van der Waals surface area contributed by atoms with Crippen molar-refractivity contribution in [3.05, 3.63) is 57.5 Å². The SMILES string of the molecule is CC(C)COc1ccc(C(=O)NC(=S)Nc2ccc(Cl)cc2)cc1Br. The van der Waals surface area contributed by atoms with Crippen molar-refractivity contribution in [1.29, 1.82) is 0 Å². The van der Waals surface area contributed by atoms with Crippen LogP contribution in [0.1, 0.15) is 24.2 Å². The first-order valence-corrected chi connectivity index (χ1v) is 9.23. The summed E-state index contributed by atoms with van der Waals surface area (Å²) in [5, 5.41) is 6.42. The molecule has 2 aromatic rings. The molecule has 1 amide bonds. The van der Waals surface area contributed by atoms with Crippen molar-refractivity contribution in [3.63, 3.8) is 0 Å². The van der Waals surface area contributed by atoms with Crippen molar-refractivity contribution in [2.75, 3.05) is 11.9 Å². The third-order valence-corrected chi connectivity index (χ3v) is 4.17.